The summed E-state index contributed by atoms with van der Waals surface area (Å²) >= 11 is 0. The number of nitrogens with one attached hydrogen (secondary N) is 2. The standard InChI is InChI=1S/C29H42N8O6/c1-5-11-19-14-20(43-35-19)23-24(40-16-38)25(41-17-39)28(42-23)37-15-31-22-26(32-18(6-2)7-3)33-29(34-27(22)37)36(8-4)21-12-9-10-13-30-21/h14-18,21,23-25,28,30H,5-13H2,1-4H3,(H,32,33,34)/t21?,23-,24-,25-,28-/m1/s1. The number of carbonyl (C=O) groups is 2. The highest BCUT2D eigenvalue weighted by Gasteiger charge is 2.52. The number of hydrogen-bond donors (Lipinski definition) is 2. The second kappa shape index (κ2) is 14.1. The lowest BCUT2D eigenvalue weighted by molar-refractivity contribution is -0.151. The first-order valence-corrected chi connectivity index (χ1v) is 15.4. The largest absolute Gasteiger partial charge is 0.457 e. The topological polar surface area (TPSA) is 159 Å². The molecule has 14 heteroatoms. The van der Waals surface area contributed by atoms with Crippen molar-refractivity contribution >= 4 is 35.9 Å². The van der Waals surface area contributed by atoms with Gasteiger partial charge in [-0.2, -0.15) is 9.97 Å². The molecule has 0 aromatic carbocycles. The van der Waals surface area contributed by atoms with Crippen LogP contribution in [-0.4, -0.2) is 75.1 Å². The van der Waals surface area contributed by atoms with E-state index in [0.717, 1.165) is 57.2 Å². The van der Waals surface area contributed by atoms with E-state index in [1.165, 1.54) is 0 Å². The molecule has 2 N–H and O–H groups in total. The van der Waals surface area contributed by atoms with Crippen molar-refractivity contribution in [3.8, 4) is 0 Å². The molecule has 1 unspecified atom stereocenters. The first-order valence-electron chi connectivity index (χ1n) is 15.4. The van der Waals surface area contributed by atoms with Crippen LogP contribution in [-0.2, 0) is 30.2 Å². The normalized spacial score (nSPS) is 23.9. The maximum Gasteiger partial charge on any atom is 0.293 e. The number of piperidine rings is 1. The predicted octanol–water partition coefficient (Wildman–Crippen LogP) is 3.65. The number of aryl methyl sites for hydroxylation is 1. The van der Waals surface area contributed by atoms with E-state index in [-0.39, 0.29) is 12.2 Å². The molecule has 3 aromatic rings. The zero-order valence-corrected chi connectivity index (χ0v) is 25.3. The summed E-state index contributed by atoms with van der Waals surface area (Å²) in [5.41, 5.74) is 1.80. The summed E-state index contributed by atoms with van der Waals surface area (Å²) in [4.78, 5) is 40.1. The van der Waals surface area contributed by atoms with E-state index in [1.54, 1.807) is 17.0 Å². The van der Waals surface area contributed by atoms with Crippen molar-refractivity contribution in [3.63, 3.8) is 0 Å². The number of anilines is 2. The minimum atomic E-state index is -1.01. The third kappa shape index (κ3) is 6.30. The van der Waals surface area contributed by atoms with Gasteiger partial charge in [0.1, 0.15) is 0 Å². The van der Waals surface area contributed by atoms with E-state index in [9.17, 15) is 9.59 Å². The average molecular weight is 599 g/mol. The molecule has 5 atom stereocenters. The van der Waals surface area contributed by atoms with E-state index in [0.29, 0.717) is 48.2 Å². The van der Waals surface area contributed by atoms with Crippen LogP contribution in [0.1, 0.15) is 90.0 Å². The number of ether oxygens (including phenoxy) is 3. The summed E-state index contributed by atoms with van der Waals surface area (Å²) in [6.07, 6.45) is 4.52. The minimum absolute atomic E-state index is 0.0981. The van der Waals surface area contributed by atoms with Gasteiger partial charge in [-0.25, -0.2) is 4.98 Å². The Labute approximate surface area is 250 Å². The summed E-state index contributed by atoms with van der Waals surface area (Å²) in [6, 6.07) is 1.96. The molecule has 43 heavy (non-hydrogen) atoms. The van der Waals surface area contributed by atoms with Crippen molar-refractivity contribution in [3.05, 3.63) is 23.8 Å². The van der Waals surface area contributed by atoms with Crippen LogP contribution < -0.4 is 15.5 Å². The van der Waals surface area contributed by atoms with E-state index >= 15 is 0 Å². The lowest BCUT2D eigenvalue weighted by atomic mass is 10.1. The van der Waals surface area contributed by atoms with E-state index in [1.807, 2.05) is 6.92 Å². The van der Waals surface area contributed by atoms with Crippen LogP contribution in [0.25, 0.3) is 11.2 Å². The number of rotatable bonds is 15. The van der Waals surface area contributed by atoms with Gasteiger partial charge in [0.15, 0.2) is 47.3 Å². The monoisotopic (exact) mass is 598 g/mol. The molecule has 0 aliphatic carbocycles. The number of aromatic nitrogens is 5. The number of hydrogen-bond acceptors (Lipinski definition) is 13. The molecule has 2 aliphatic rings. The summed E-state index contributed by atoms with van der Waals surface area (Å²) in [7, 11) is 0. The van der Waals surface area contributed by atoms with Crippen LogP contribution in [0.4, 0.5) is 11.8 Å². The van der Waals surface area contributed by atoms with Crippen molar-refractivity contribution in [1.82, 2.24) is 30.0 Å². The van der Waals surface area contributed by atoms with Gasteiger partial charge >= 0.3 is 0 Å². The van der Waals surface area contributed by atoms with Gasteiger partial charge in [0, 0.05) is 18.7 Å². The molecule has 234 valence electrons. The highest BCUT2D eigenvalue weighted by atomic mass is 16.6. The van der Waals surface area contributed by atoms with Gasteiger partial charge in [-0.3, -0.25) is 19.5 Å². The zero-order chi connectivity index (χ0) is 30.3. The maximum absolute atomic E-state index is 11.7. The third-order valence-electron chi connectivity index (χ3n) is 8.25. The molecule has 2 fully saturated rings. The van der Waals surface area contributed by atoms with Crippen LogP contribution in [0, 0.1) is 0 Å². The van der Waals surface area contributed by atoms with Crippen LogP contribution in [0.15, 0.2) is 16.9 Å². The van der Waals surface area contributed by atoms with Crippen molar-refractivity contribution in [2.75, 3.05) is 23.3 Å². The van der Waals surface area contributed by atoms with Crippen LogP contribution in [0.3, 0.4) is 0 Å². The van der Waals surface area contributed by atoms with Gasteiger partial charge in [-0.1, -0.05) is 32.3 Å². The Morgan fingerprint density at radius 3 is 2.60 bits per heavy atom. The molecule has 0 amide bonds. The molecule has 5 rings (SSSR count). The SMILES string of the molecule is CCCc1cc([C@H]2O[C@@H](n3cnc4c(NC(CC)CC)nc(N(CC)C5CCCCN5)nc43)[C@H](OC=O)[C@@H]2OC=O)on1. The number of imidazole rings is 1. The Bertz CT molecular complexity index is 1350. The quantitative estimate of drug-likeness (QED) is 0.244. The van der Waals surface area contributed by atoms with Crippen molar-refractivity contribution in [2.45, 2.75) is 109 Å². The van der Waals surface area contributed by atoms with Crippen LogP contribution in [0.2, 0.25) is 0 Å². The molecule has 2 aliphatic heterocycles. The highest BCUT2D eigenvalue weighted by molar-refractivity contribution is 5.84. The summed E-state index contributed by atoms with van der Waals surface area (Å²) in [5, 5.41) is 11.3. The Hall–Kier alpha value is -3.78. The fraction of sp³-hybridized carbons (Fsp3) is 0.655. The summed E-state index contributed by atoms with van der Waals surface area (Å²) in [5.74, 6) is 1.53. The van der Waals surface area contributed by atoms with Gasteiger partial charge in [0.2, 0.25) is 5.95 Å². The fourth-order valence-electron chi connectivity index (χ4n) is 5.96. The first kappa shape index (κ1) is 30.7. The third-order valence-corrected chi connectivity index (χ3v) is 8.25. The van der Waals surface area contributed by atoms with Crippen molar-refractivity contribution in [2.24, 2.45) is 0 Å². The summed E-state index contributed by atoms with van der Waals surface area (Å²) < 4.78 is 24.7. The Balaban J connectivity index is 1.60. The zero-order valence-electron chi connectivity index (χ0n) is 25.3. The second-order valence-electron chi connectivity index (χ2n) is 10.9. The smallest absolute Gasteiger partial charge is 0.293 e. The van der Waals surface area contributed by atoms with Gasteiger partial charge in [-0.15, -0.1) is 0 Å². The number of fused-ring (bicyclic) bond motifs is 1. The van der Waals surface area contributed by atoms with Gasteiger partial charge in [0.25, 0.3) is 12.9 Å². The molecule has 0 spiro atoms. The van der Waals surface area contributed by atoms with Crippen molar-refractivity contribution in [1.29, 1.82) is 0 Å². The molecule has 14 nitrogen and oxygen atoms in total. The maximum atomic E-state index is 11.7. The van der Waals surface area contributed by atoms with Crippen molar-refractivity contribution < 1.29 is 28.3 Å². The molecule has 0 saturated carbocycles. The Morgan fingerprint density at radius 2 is 1.93 bits per heavy atom. The molecule has 0 bridgehead atoms. The molecule has 2 saturated heterocycles. The van der Waals surface area contributed by atoms with Crippen LogP contribution >= 0.6 is 0 Å². The fourth-order valence-corrected chi connectivity index (χ4v) is 5.96. The van der Waals surface area contributed by atoms with Gasteiger partial charge < -0.3 is 29.0 Å². The highest BCUT2D eigenvalue weighted by Crippen LogP contribution is 2.43. The van der Waals surface area contributed by atoms with E-state index < -0.39 is 24.5 Å². The average Bonchev–Trinajstić information content (AvgIpc) is 3.75. The Kier molecular flexibility index (Phi) is 10.1. The number of nitrogens with zero attached hydrogens (tertiary/aromatic N) is 6. The predicted molar refractivity (Wildman–Crippen MR) is 157 cm³/mol. The minimum Gasteiger partial charge on any atom is -0.457 e. The molecule has 3 aromatic heterocycles. The molecular formula is C29H42N8O6. The first-order chi connectivity index (χ1) is 21.1. The van der Waals surface area contributed by atoms with E-state index in [4.69, 9.17) is 28.7 Å². The van der Waals surface area contributed by atoms with E-state index in [2.05, 4.69) is 46.4 Å². The molecule has 5 heterocycles. The van der Waals surface area contributed by atoms with Crippen LogP contribution in [0.5, 0.6) is 0 Å². The summed E-state index contributed by atoms with van der Waals surface area (Å²) in [6.45, 7) is 10.6. The Morgan fingerprint density at radius 1 is 1.14 bits per heavy atom. The second-order valence-corrected chi connectivity index (χ2v) is 10.9. The molecular weight excluding hydrogens is 556 g/mol. The lowest BCUT2D eigenvalue weighted by Gasteiger charge is -2.34. The van der Waals surface area contributed by atoms with Gasteiger partial charge in [-0.05, 0) is 52.0 Å². The van der Waals surface area contributed by atoms with Gasteiger partial charge in [0.05, 0.1) is 18.2 Å². The lowest BCUT2D eigenvalue weighted by Crippen LogP contribution is -2.49. The number of carbonyl (C=O) groups excluding carboxylic acids is 2. The molecule has 0 radical (unpaired) electrons.